The van der Waals surface area contributed by atoms with Crippen LogP contribution < -0.4 is 15.4 Å². The molecule has 1 aliphatic rings. The lowest BCUT2D eigenvalue weighted by atomic mass is 9.87. The van der Waals surface area contributed by atoms with Gasteiger partial charge < -0.3 is 20.3 Å². The Labute approximate surface area is 208 Å². The molecule has 2 atom stereocenters. The number of aryl methyl sites for hydroxylation is 1. The minimum atomic E-state index is -0.674. The van der Waals surface area contributed by atoms with Crippen molar-refractivity contribution in [1.82, 2.24) is 15.5 Å². The predicted octanol–water partition coefficient (Wildman–Crippen LogP) is 3.82. The van der Waals surface area contributed by atoms with Gasteiger partial charge in [0.1, 0.15) is 11.8 Å². The molecule has 0 bridgehead atoms. The van der Waals surface area contributed by atoms with E-state index in [4.69, 9.17) is 4.74 Å². The molecular formula is C28H37N3O4. The Morgan fingerprint density at radius 2 is 1.51 bits per heavy atom. The summed E-state index contributed by atoms with van der Waals surface area (Å²) in [6, 6.07) is 13.8. The number of amides is 3. The number of nitrogens with one attached hydrogen (secondary N) is 2. The number of benzene rings is 2. The van der Waals surface area contributed by atoms with E-state index in [1.54, 1.807) is 30.2 Å². The van der Waals surface area contributed by atoms with Crippen LogP contribution in [0.2, 0.25) is 0 Å². The van der Waals surface area contributed by atoms with E-state index in [-0.39, 0.29) is 35.6 Å². The zero-order chi connectivity index (χ0) is 25.5. The number of carbonyl (C=O) groups excluding carboxylic acids is 3. The molecule has 0 saturated carbocycles. The molecule has 0 aliphatic carbocycles. The van der Waals surface area contributed by atoms with Crippen molar-refractivity contribution < 1.29 is 19.1 Å². The lowest BCUT2D eigenvalue weighted by molar-refractivity contribution is -0.125. The summed E-state index contributed by atoms with van der Waals surface area (Å²) in [5.74, 6) is 0.219. The number of nitrogens with zero attached hydrogens (tertiary/aromatic N) is 1. The van der Waals surface area contributed by atoms with E-state index >= 15 is 0 Å². The molecule has 2 aromatic carbocycles. The average Bonchev–Trinajstić information content (AvgIpc) is 2.86. The molecule has 1 saturated heterocycles. The Balaban J connectivity index is 1.74. The molecule has 0 spiro atoms. The van der Waals surface area contributed by atoms with Crippen molar-refractivity contribution in [2.45, 2.75) is 52.6 Å². The van der Waals surface area contributed by atoms with Gasteiger partial charge >= 0.3 is 0 Å². The summed E-state index contributed by atoms with van der Waals surface area (Å²) in [6.45, 7) is 8.96. The average molecular weight is 480 g/mol. The second-order valence-corrected chi connectivity index (χ2v) is 9.64. The standard InChI is InChI=1S/C28H37N3O4/c1-18(2)20(4)29-27(33)25(30-26(32)22-11-7-6-10-19(22)3)21-14-16-31(17-15-21)28(34)23-12-8-9-13-24(23)35-5/h6-13,18,20-21,25H,14-17H2,1-5H3,(H,29,33)(H,30,32)/t20-,25-/m0/s1. The summed E-state index contributed by atoms with van der Waals surface area (Å²) in [5, 5.41) is 6.08. The van der Waals surface area contributed by atoms with E-state index in [1.165, 1.54) is 0 Å². The van der Waals surface area contributed by atoms with Gasteiger partial charge in [0.15, 0.2) is 0 Å². The van der Waals surface area contributed by atoms with Gasteiger partial charge in [-0.15, -0.1) is 0 Å². The van der Waals surface area contributed by atoms with Crippen LogP contribution in [0.1, 0.15) is 59.9 Å². The fourth-order valence-electron chi connectivity index (χ4n) is 4.35. The highest BCUT2D eigenvalue weighted by Crippen LogP contribution is 2.26. The quantitative estimate of drug-likeness (QED) is 0.603. The first-order valence-electron chi connectivity index (χ1n) is 12.3. The SMILES string of the molecule is COc1ccccc1C(=O)N1CCC([C@H](NC(=O)c2ccccc2C)C(=O)N[C@@H](C)C(C)C)CC1. The number of rotatable bonds is 8. The number of hydrogen-bond acceptors (Lipinski definition) is 4. The van der Waals surface area contributed by atoms with Gasteiger partial charge in [0.25, 0.3) is 11.8 Å². The monoisotopic (exact) mass is 479 g/mol. The summed E-state index contributed by atoms with van der Waals surface area (Å²) >= 11 is 0. The molecule has 1 fully saturated rings. The Morgan fingerprint density at radius 3 is 2.11 bits per heavy atom. The first-order chi connectivity index (χ1) is 16.7. The van der Waals surface area contributed by atoms with Crippen molar-refractivity contribution in [3.63, 3.8) is 0 Å². The third-order valence-corrected chi connectivity index (χ3v) is 6.96. The topological polar surface area (TPSA) is 87.7 Å². The van der Waals surface area contributed by atoms with Crippen LogP contribution in [-0.2, 0) is 4.79 Å². The molecule has 1 heterocycles. The molecule has 188 valence electrons. The van der Waals surface area contributed by atoms with Gasteiger partial charge in [0, 0.05) is 24.7 Å². The van der Waals surface area contributed by atoms with Crippen molar-refractivity contribution >= 4 is 17.7 Å². The lowest BCUT2D eigenvalue weighted by Gasteiger charge is -2.36. The summed E-state index contributed by atoms with van der Waals surface area (Å²) < 4.78 is 5.35. The summed E-state index contributed by atoms with van der Waals surface area (Å²) in [5.41, 5.74) is 1.95. The fourth-order valence-corrected chi connectivity index (χ4v) is 4.35. The molecule has 2 N–H and O–H groups in total. The zero-order valence-electron chi connectivity index (χ0n) is 21.3. The second-order valence-electron chi connectivity index (χ2n) is 9.64. The number of ether oxygens (including phenoxy) is 1. The van der Waals surface area contributed by atoms with E-state index < -0.39 is 6.04 Å². The van der Waals surface area contributed by atoms with Crippen LogP contribution in [0.4, 0.5) is 0 Å². The molecule has 7 heteroatoms. The van der Waals surface area contributed by atoms with Crippen LogP contribution in [0, 0.1) is 18.8 Å². The number of piperidine rings is 1. The smallest absolute Gasteiger partial charge is 0.257 e. The van der Waals surface area contributed by atoms with E-state index in [1.807, 2.05) is 58.0 Å². The van der Waals surface area contributed by atoms with Crippen LogP contribution in [-0.4, -0.2) is 54.9 Å². The molecule has 3 rings (SSSR count). The predicted molar refractivity (Wildman–Crippen MR) is 136 cm³/mol. The maximum Gasteiger partial charge on any atom is 0.257 e. The second kappa shape index (κ2) is 11.9. The zero-order valence-corrected chi connectivity index (χ0v) is 21.3. The van der Waals surface area contributed by atoms with Gasteiger partial charge in [-0.2, -0.15) is 0 Å². The third-order valence-electron chi connectivity index (χ3n) is 6.96. The highest BCUT2D eigenvalue weighted by atomic mass is 16.5. The number of methoxy groups -OCH3 is 1. The fraction of sp³-hybridized carbons (Fsp3) is 0.464. The molecule has 35 heavy (non-hydrogen) atoms. The van der Waals surface area contributed by atoms with Crippen molar-refractivity contribution in [2.24, 2.45) is 11.8 Å². The largest absolute Gasteiger partial charge is 0.496 e. The molecule has 2 aromatic rings. The number of carbonyl (C=O) groups is 3. The number of para-hydroxylation sites is 1. The third kappa shape index (κ3) is 6.41. The van der Waals surface area contributed by atoms with E-state index in [0.29, 0.717) is 42.8 Å². The summed E-state index contributed by atoms with van der Waals surface area (Å²) in [4.78, 5) is 41.3. The normalized spacial score (nSPS) is 15.9. The minimum Gasteiger partial charge on any atom is -0.496 e. The first-order valence-corrected chi connectivity index (χ1v) is 12.3. The van der Waals surface area contributed by atoms with Crippen molar-refractivity contribution in [3.8, 4) is 5.75 Å². The van der Waals surface area contributed by atoms with E-state index in [2.05, 4.69) is 10.6 Å². The Bertz CT molecular complexity index is 1040. The van der Waals surface area contributed by atoms with Gasteiger partial charge in [-0.25, -0.2) is 0 Å². The van der Waals surface area contributed by atoms with Gasteiger partial charge in [-0.1, -0.05) is 44.2 Å². The number of likely N-dealkylation sites (tertiary alicyclic amines) is 1. The molecule has 1 aliphatic heterocycles. The molecule has 7 nitrogen and oxygen atoms in total. The van der Waals surface area contributed by atoms with Crippen molar-refractivity contribution in [2.75, 3.05) is 20.2 Å². The van der Waals surface area contributed by atoms with Crippen LogP contribution in [0.25, 0.3) is 0 Å². The van der Waals surface area contributed by atoms with Crippen LogP contribution in [0.3, 0.4) is 0 Å². The van der Waals surface area contributed by atoms with Gasteiger partial charge in [-0.3, -0.25) is 14.4 Å². The van der Waals surface area contributed by atoms with Crippen molar-refractivity contribution in [1.29, 1.82) is 0 Å². The molecular weight excluding hydrogens is 442 g/mol. The Morgan fingerprint density at radius 1 is 0.914 bits per heavy atom. The lowest BCUT2D eigenvalue weighted by Crippen LogP contribution is -2.55. The van der Waals surface area contributed by atoms with Gasteiger partial charge in [0.2, 0.25) is 5.91 Å². The van der Waals surface area contributed by atoms with Crippen LogP contribution >= 0.6 is 0 Å². The summed E-state index contributed by atoms with van der Waals surface area (Å²) in [7, 11) is 1.55. The van der Waals surface area contributed by atoms with Crippen molar-refractivity contribution in [3.05, 3.63) is 65.2 Å². The molecule has 0 unspecified atom stereocenters. The van der Waals surface area contributed by atoms with E-state index in [9.17, 15) is 14.4 Å². The maximum absolute atomic E-state index is 13.3. The molecule has 0 radical (unpaired) electrons. The minimum absolute atomic E-state index is 0.0208. The molecule has 3 amide bonds. The summed E-state index contributed by atoms with van der Waals surface area (Å²) in [6.07, 6.45) is 1.23. The molecule has 0 aromatic heterocycles. The van der Waals surface area contributed by atoms with Gasteiger partial charge in [-0.05, 0) is 62.3 Å². The Kier molecular flexibility index (Phi) is 8.90. The maximum atomic E-state index is 13.3. The number of hydrogen-bond donors (Lipinski definition) is 2. The highest BCUT2D eigenvalue weighted by molar-refractivity contribution is 5.99. The first kappa shape index (κ1) is 26.3. The highest BCUT2D eigenvalue weighted by Gasteiger charge is 2.35. The van der Waals surface area contributed by atoms with Gasteiger partial charge in [0.05, 0.1) is 12.7 Å². The van der Waals surface area contributed by atoms with Crippen LogP contribution in [0.15, 0.2) is 48.5 Å². The van der Waals surface area contributed by atoms with E-state index in [0.717, 1.165) is 5.56 Å². The van der Waals surface area contributed by atoms with Crippen LogP contribution in [0.5, 0.6) is 5.75 Å². The Hall–Kier alpha value is -3.35.